The monoisotopic (exact) mass is 528 g/mol. The number of ether oxygens (including phenoxy) is 2. The van der Waals surface area contributed by atoms with Gasteiger partial charge in [-0.25, -0.2) is 4.79 Å². The topological polar surface area (TPSA) is 95.3 Å². The summed E-state index contributed by atoms with van der Waals surface area (Å²) in [7, 11) is 0. The molecular formula is C26H32N4O4S2. The van der Waals surface area contributed by atoms with Crippen molar-refractivity contribution in [1.82, 2.24) is 14.8 Å². The Morgan fingerprint density at radius 2 is 1.94 bits per heavy atom. The van der Waals surface area contributed by atoms with Gasteiger partial charge in [0.1, 0.15) is 10.8 Å². The minimum atomic E-state index is -0.440. The molecule has 0 radical (unpaired) electrons. The zero-order valence-corrected chi connectivity index (χ0v) is 22.7. The van der Waals surface area contributed by atoms with Crippen LogP contribution in [0.15, 0.2) is 48.1 Å². The van der Waals surface area contributed by atoms with Crippen LogP contribution < -0.4 is 10.1 Å². The zero-order valence-electron chi connectivity index (χ0n) is 21.1. The lowest BCUT2D eigenvalue weighted by Crippen LogP contribution is -2.17. The number of hydrogen-bond donors (Lipinski definition) is 1. The maximum Gasteiger partial charge on any atom is 0.341 e. The van der Waals surface area contributed by atoms with Crippen LogP contribution in [0.1, 0.15) is 60.4 Å². The van der Waals surface area contributed by atoms with E-state index in [9.17, 15) is 9.59 Å². The van der Waals surface area contributed by atoms with Crippen LogP contribution in [0.4, 0.5) is 5.00 Å². The number of anilines is 1. The highest BCUT2D eigenvalue weighted by Crippen LogP contribution is 2.30. The van der Waals surface area contributed by atoms with Gasteiger partial charge >= 0.3 is 5.97 Å². The lowest BCUT2D eigenvalue weighted by Gasteiger charge is -2.16. The number of thioether (sulfide) groups is 1. The first-order valence-electron chi connectivity index (χ1n) is 11.9. The van der Waals surface area contributed by atoms with Crippen molar-refractivity contribution in [2.45, 2.75) is 58.3 Å². The second-order valence-corrected chi connectivity index (χ2v) is 9.94. The van der Waals surface area contributed by atoms with Crippen LogP contribution in [-0.4, -0.2) is 39.0 Å². The van der Waals surface area contributed by atoms with E-state index in [1.165, 1.54) is 28.7 Å². The van der Waals surface area contributed by atoms with E-state index in [-0.39, 0.29) is 24.4 Å². The standard InChI is InChI=1S/C26H32N4O4S2/c1-6-14-30-23(17(5)34-19-12-10-18(7-2)11-13-19)28-29-26(30)35-16-22(31)27-24-21(25(32)33-9-4)15-20(8-3)36-24/h6,10-13,15,17H,1,7-9,14,16H2,2-5H3,(H,27,31). The Balaban J connectivity index is 1.68. The quantitative estimate of drug-likeness (QED) is 0.173. The highest BCUT2D eigenvalue weighted by Gasteiger charge is 2.22. The number of carbonyl (C=O) groups is 2. The van der Waals surface area contributed by atoms with Crippen LogP contribution in [0.25, 0.3) is 0 Å². The molecule has 0 fully saturated rings. The smallest absolute Gasteiger partial charge is 0.341 e. The molecule has 0 aliphatic carbocycles. The maximum absolute atomic E-state index is 12.7. The van der Waals surface area contributed by atoms with E-state index < -0.39 is 5.97 Å². The first-order chi connectivity index (χ1) is 17.4. The molecule has 3 rings (SSSR count). The van der Waals surface area contributed by atoms with E-state index >= 15 is 0 Å². The van der Waals surface area contributed by atoms with Crippen LogP contribution in [0.3, 0.4) is 0 Å². The van der Waals surface area contributed by atoms with Crippen LogP contribution >= 0.6 is 23.1 Å². The van der Waals surface area contributed by atoms with E-state index in [1.54, 1.807) is 19.1 Å². The molecule has 10 heteroatoms. The van der Waals surface area contributed by atoms with Gasteiger partial charge in [-0.05, 0) is 50.5 Å². The summed E-state index contributed by atoms with van der Waals surface area (Å²) in [6.07, 6.45) is 3.13. The molecule has 1 N–H and O–H groups in total. The van der Waals surface area contributed by atoms with E-state index in [0.717, 1.165) is 23.5 Å². The van der Waals surface area contributed by atoms with E-state index in [0.29, 0.717) is 28.1 Å². The molecule has 1 amide bonds. The summed E-state index contributed by atoms with van der Waals surface area (Å²) in [6, 6.07) is 9.75. The number of aryl methyl sites for hydroxylation is 2. The van der Waals surface area contributed by atoms with Gasteiger partial charge in [0.05, 0.1) is 17.9 Å². The third-order valence-electron chi connectivity index (χ3n) is 5.28. The van der Waals surface area contributed by atoms with Crippen LogP contribution in [-0.2, 0) is 28.9 Å². The molecular weight excluding hydrogens is 496 g/mol. The molecule has 1 atom stereocenters. The fourth-order valence-electron chi connectivity index (χ4n) is 3.43. The molecule has 0 aliphatic rings. The number of nitrogens with zero attached hydrogens (tertiary/aromatic N) is 3. The molecule has 1 unspecified atom stereocenters. The summed E-state index contributed by atoms with van der Waals surface area (Å²) in [4.78, 5) is 26.0. The van der Waals surface area contributed by atoms with Crippen molar-refractivity contribution >= 4 is 40.0 Å². The predicted molar refractivity (Wildman–Crippen MR) is 144 cm³/mol. The Kier molecular flexibility index (Phi) is 10.1. The third kappa shape index (κ3) is 6.98. The molecule has 8 nitrogen and oxygen atoms in total. The molecule has 2 aromatic heterocycles. The minimum Gasteiger partial charge on any atom is -0.483 e. The number of rotatable bonds is 13. The number of aromatic nitrogens is 3. The van der Waals surface area contributed by atoms with E-state index in [1.807, 2.05) is 42.7 Å². The molecule has 3 aromatic rings. The van der Waals surface area contributed by atoms with Crippen molar-refractivity contribution in [3.8, 4) is 5.75 Å². The predicted octanol–water partition coefficient (Wildman–Crippen LogP) is 5.70. The number of allylic oxidation sites excluding steroid dienone is 1. The normalized spacial score (nSPS) is 11.7. The Morgan fingerprint density at radius 3 is 2.58 bits per heavy atom. The first kappa shape index (κ1) is 27.5. The van der Waals surface area contributed by atoms with Crippen molar-refractivity contribution in [2.24, 2.45) is 0 Å². The second kappa shape index (κ2) is 13.3. The number of amides is 1. The summed E-state index contributed by atoms with van der Waals surface area (Å²) in [5.41, 5.74) is 1.62. The van der Waals surface area contributed by atoms with Crippen molar-refractivity contribution in [2.75, 3.05) is 17.7 Å². The van der Waals surface area contributed by atoms with Gasteiger partial charge in [-0.2, -0.15) is 0 Å². The Morgan fingerprint density at radius 1 is 1.19 bits per heavy atom. The second-order valence-electron chi connectivity index (χ2n) is 7.86. The molecule has 1 aromatic carbocycles. The summed E-state index contributed by atoms with van der Waals surface area (Å²) >= 11 is 2.64. The van der Waals surface area contributed by atoms with Crippen LogP contribution in [0.5, 0.6) is 5.75 Å². The van der Waals surface area contributed by atoms with Gasteiger partial charge in [-0.15, -0.1) is 28.1 Å². The number of nitrogens with one attached hydrogen (secondary N) is 1. The highest BCUT2D eigenvalue weighted by atomic mass is 32.2. The van der Waals surface area contributed by atoms with Gasteiger partial charge in [0.15, 0.2) is 17.1 Å². The Bertz CT molecular complexity index is 1190. The first-order valence-corrected chi connectivity index (χ1v) is 13.7. The molecule has 0 spiro atoms. The molecule has 36 heavy (non-hydrogen) atoms. The molecule has 0 saturated carbocycles. The lowest BCUT2D eigenvalue weighted by molar-refractivity contribution is -0.113. The van der Waals surface area contributed by atoms with Gasteiger partial charge in [0.2, 0.25) is 5.91 Å². The summed E-state index contributed by atoms with van der Waals surface area (Å²) in [6.45, 7) is 12.4. The van der Waals surface area contributed by atoms with Crippen LogP contribution in [0, 0.1) is 0 Å². The average molecular weight is 529 g/mol. The number of benzene rings is 1. The molecule has 0 saturated heterocycles. The maximum atomic E-state index is 12.7. The van der Waals surface area contributed by atoms with E-state index in [4.69, 9.17) is 9.47 Å². The van der Waals surface area contributed by atoms with Gasteiger partial charge in [0, 0.05) is 11.4 Å². The van der Waals surface area contributed by atoms with Crippen molar-refractivity contribution in [3.63, 3.8) is 0 Å². The Hall–Kier alpha value is -3.11. The van der Waals surface area contributed by atoms with Gasteiger partial charge in [-0.3, -0.25) is 9.36 Å². The van der Waals surface area contributed by atoms with Crippen molar-refractivity contribution < 1.29 is 19.1 Å². The third-order valence-corrected chi connectivity index (χ3v) is 7.44. The number of carbonyl (C=O) groups excluding carboxylic acids is 2. The van der Waals surface area contributed by atoms with Gasteiger partial charge in [0.25, 0.3) is 0 Å². The number of thiophene rings is 1. The Labute approximate surface area is 220 Å². The van der Waals surface area contributed by atoms with Gasteiger partial charge in [-0.1, -0.05) is 43.8 Å². The number of esters is 1. The summed E-state index contributed by atoms with van der Waals surface area (Å²) in [5, 5.41) is 12.6. The van der Waals surface area contributed by atoms with E-state index in [2.05, 4.69) is 29.0 Å². The van der Waals surface area contributed by atoms with Gasteiger partial charge < -0.3 is 14.8 Å². The largest absolute Gasteiger partial charge is 0.483 e. The molecule has 0 bridgehead atoms. The van der Waals surface area contributed by atoms with Crippen molar-refractivity contribution in [3.05, 3.63) is 64.8 Å². The average Bonchev–Trinajstić information content (AvgIpc) is 3.47. The fraction of sp³-hybridized carbons (Fsp3) is 0.385. The molecule has 2 heterocycles. The van der Waals surface area contributed by atoms with Crippen LogP contribution in [0.2, 0.25) is 0 Å². The fourth-order valence-corrected chi connectivity index (χ4v) is 5.19. The lowest BCUT2D eigenvalue weighted by atomic mass is 10.2. The molecule has 0 aliphatic heterocycles. The highest BCUT2D eigenvalue weighted by molar-refractivity contribution is 7.99. The minimum absolute atomic E-state index is 0.102. The summed E-state index contributed by atoms with van der Waals surface area (Å²) < 4.78 is 13.1. The number of hydrogen-bond acceptors (Lipinski definition) is 8. The summed E-state index contributed by atoms with van der Waals surface area (Å²) in [5.74, 6) is 0.814. The molecule has 192 valence electrons. The zero-order chi connectivity index (χ0) is 26.1. The SMILES string of the molecule is C=CCn1c(SCC(=O)Nc2sc(CC)cc2C(=O)OCC)nnc1C(C)Oc1ccc(CC)cc1. The van der Waals surface area contributed by atoms with Crippen molar-refractivity contribution in [1.29, 1.82) is 0 Å².